The van der Waals surface area contributed by atoms with Crippen molar-refractivity contribution in [2.45, 2.75) is 19.2 Å². The number of aromatic nitrogens is 1. The van der Waals surface area contributed by atoms with E-state index in [2.05, 4.69) is 5.16 Å². The van der Waals surface area contributed by atoms with Gasteiger partial charge in [-0.15, -0.1) is 0 Å². The molecular formula is C19H13ClF3NO3. The molecular weight excluding hydrogens is 383 g/mol. The molecule has 3 aromatic rings. The Morgan fingerprint density at radius 3 is 2.37 bits per heavy atom. The minimum atomic E-state index is -4.79. The van der Waals surface area contributed by atoms with Crippen LogP contribution in [0.3, 0.4) is 0 Å². The molecule has 0 aliphatic carbocycles. The Morgan fingerprint density at radius 2 is 1.74 bits per heavy atom. The summed E-state index contributed by atoms with van der Waals surface area (Å²) in [5.74, 6) is -1.17. The fourth-order valence-electron chi connectivity index (χ4n) is 2.57. The lowest BCUT2D eigenvalue weighted by Crippen LogP contribution is -2.26. The standard InChI is InChI=1S/C19H13ClF3NO3/c1-11-15(16(24-27-11)13-9-5-6-10-14(13)20)18(25)26-17(19(21,22)23)12-7-3-2-4-8-12/h2-10,17H,1H3/t17-/m1/s1. The van der Waals surface area contributed by atoms with E-state index in [0.29, 0.717) is 5.56 Å². The Labute approximate surface area is 157 Å². The maximum atomic E-state index is 13.5. The molecule has 0 saturated carbocycles. The van der Waals surface area contributed by atoms with Crippen LogP contribution in [0.5, 0.6) is 0 Å². The Kier molecular flexibility index (Phi) is 5.23. The highest BCUT2D eigenvalue weighted by molar-refractivity contribution is 6.33. The van der Waals surface area contributed by atoms with Crippen LogP contribution < -0.4 is 0 Å². The highest BCUT2D eigenvalue weighted by atomic mass is 35.5. The number of benzene rings is 2. The lowest BCUT2D eigenvalue weighted by molar-refractivity contribution is -0.207. The molecule has 0 spiro atoms. The molecule has 0 unspecified atom stereocenters. The molecule has 0 bridgehead atoms. The predicted octanol–water partition coefficient (Wildman–Crippen LogP) is 5.76. The monoisotopic (exact) mass is 395 g/mol. The summed E-state index contributed by atoms with van der Waals surface area (Å²) in [6.45, 7) is 1.41. The topological polar surface area (TPSA) is 52.3 Å². The van der Waals surface area contributed by atoms with Crippen molar-refractivity contribution in [1.82, 2.24) is 5.16 Å². The van der Waals surface area contributed by atoms with Gasteiger partial charge in [0, 0.05) is 11.1 Å². The minimum Gasteiger partial charge on any atom is -0.444 e. The molecule has 1 heterocycles. The third-order valence-electron chi connectivity index (χ3n) is 3.82. The summed E-state index contributed by atoms with van der Waals surface area (Å²) >= 11 is 6.11. The van der Waals surface area contributed by atoms with Gasteiger partial charge in [0.1, 0.15) is 17.0 Å². The largest absolute Gasteiger partial charge is 0.444 e. The molecule has 0 aliphatic rings. The van der Waals surface area contributed by atoms with Crippen molar-refractivity contribution in [3.63, 3.8) is 0 Å². The second-order valence-corrected chi connectivity index (χ2v) is 6.09. The van der Waals surface area contributed by atoms with Gasteiger partial charge in [-0.05, 0) is 13.0 Å². The second kappa shape index (κ2) is 7.44. The number of esters is 1. The summed E-state index contributed by atoms with van der Waals surface area (Å²) in [6, 6.07) is 13.4. The zero-order chi connectivity index (χ0) is 19.6. The van der Waals surface area contributed by atoms with Crippen molar-refractivity contribution in [3.8, 4) is 11.3 Å². The van der Waals surface area contributed by atoms with Crippen LogP contribution in [0.4, 0.5) is 13.2 Å². The van der Waals surface area contributed by atoms with E-state index in [0.717, 1.165) is 0 Å². The average molecular weight is 396 g/mol. The minimum absolute atomic E-state index is 0.0251. The molecule has 0 amide bonds. The van der Waals surface area contributed by atoms with Crippen molar-refractivity contribution >= 4 is 17.6 Å². The average Bonchev–Trinajstić information content (AvgIpc) is 3.01. The first-order valence-corrected chi connectivity index (χ1v) is 8.20. The first-order chi connectivity index (χ1) is 12.8. The number of halogens is 4. The van der Waals surface area contributed by atoms with Crippen LogP contribution in [0.2, 0.25) is 5.02 Å². The molecule has 0 N–H and O–H groups in total. The Hall–Kier alpha value is -2.80. The first kappa shape index (κ1) is 19.0. The summed E-state index contributed by atoms with van der Waals surface area (Å²) in [6.07, 6.45) is -7.20. The fourth-order valence-corrected chi connectivity index (χ4v) is 2.79. The lowest BCUT2D eigenvalue weighted by atomic mass is 10.1. The van der Waals surface area contributed by atoms with Crippen molar-refractivity contribution in [2.24, 2.45) is 0 Å². The number of carbonyl (C=O) groups is 1. The number of alkyl halides is 3. The summed E-state index contributed by atoms with van der Waals surface area (Å²) in [7, 11) is 0. The normalized spacial score (nSPS) is 12.6. The molecule has 1 aromatic heterocycles. The van der Waals surface area contributed by atoms with Gasteiger partial charge in [-0.2, -0.15) is 13.2 Å². The zero-order valence-electron chi connectivity index (χ0n) is 14.0. The molecule has 0 fully saturated rings. The van der Waals surface area contributed by atoms with Gasteiger partial charge in [0.2, 0.25) is 6.10 Å². The van der Waals surface area contributed by atoms with Gasteiger partial charge in [-0.25, -0.2) is 4.79 Å². The summed E-state index contributed by atoms with van der Waals surface area (Å²) in [5, 5.41) is 4.04. The third-order valence-corrected chi connectivity index (χ3v) is 4.15. The lowest BCUT2D eigenvalue weighted by Gasteiger charge is -2.21. The second-order valence-electron chi connectivity index (χ2n) is 5.68. The molecule has 2 aromatic carbocycles. The van der Waals surface area contributed by atoms with E-state index in [9.17, 15) is 18.0 Å². The maximum absolute atomic E-state index is 13.5. The zero-order valence-corrected chi connectivity index (χ0v) is 14.7. The molecule has 0 saturated heterocycles. The number of rotatable bonds is 4. The molecule has 4 nitrogen and oxygen atoms in total. The van der Waals surface area contributed by atoms with Crippen molar-refractivity contribution < 1.29 is 27.2 Å². The number of hydrogen-bond donors (Lipinski definition) is 0. The number of carbonyl (C=O) groups excluding carboxylic acids is 1. The van der Waals surface area contributed by atoms with Crippen LogP contribution in [0.15, 0.2) is 59.1 Å². The Bertz CT molecular complexity index is 954. The molecule has 1 atom stereocenters. The van der Waals surface area contributed by atoms with Crippen LogP contribution in [0.1, 0.15) is 27.8 Å². The van der Waals surface area contributed by atoms with Gasteiger partial charge in [0.05, 0.1) is 5.02 Å². The summed E-state index contributed by atoms with van der Waals surface area (Å²) in [4.78, 5) is 12.6. The van der Waals surface area contributed by atoms with Crippen LogP contribution >= 0.6 is 11.6 Å². The number of ether oxygens (including phenoxy) is 1. The number of hydrogen-bond acceptors (Lipinski definition) is 4. The maximum Gasteiger partial charge on any atom is 0.429 e. The van der Waals surface area contributed by atoms with Crippen LogP contribution in [-0.2, 0) is 4.74 Å². The van der Waals surface area contributed by atoms with Crippen molar-refractivity contribution in [2.75, 3.05) is 0 Å². The van der Waals surface area contributed by atoms with E-state index >= 15 is 0 Å². The van der Waals surface area contributed by atoms with Crippen molar-refractivity contribution in [3.05, 3.63) is 76.5 Å². The van der Waals surface area contributed by atoms with Crippen LogP contribution in [-0.4, -0.2) is 17.3 Å². The predicted molar refractivity (Wildman–Crippen MR) is 92.3 cm³/mol. The van der Waals surface area contributed by atoms with Gasteiger partial charge in [0.25, 0.3) is 0 Å². The van der Waals surface area contributed by atoms with E-state index in [1.54, 1.807) is 30.3 Å². The highest BCUT2D eigenvalue weighted by Crippen LogP contribution is 2.38. The van der Waals surface area contributed by atoms with E-state index in [-0.39, 0.29) is 27.6 Å². The SMILES string of the molecule is Cc1onc(-c2ccccc2Cl)c1C(=O)O[C@H](c1ccccc1)C(F)(F)F. The molecule has 3 rings (SSSR count). The van der Waals surface area contributed by atoms with E-state index in [4.69, 9.17) is 20.9 Å². The molecule has 0 aliphatic heterocycles. The number of aryl methyl sites for hydroxylation is 1. The Balaban J connectivity index is 1.99. The molecule has 140 valence electrons. The summed E-state index contributed by atoms with van der Waals surface area (Å²) in [5.41, 5.74) is -0.0108. The van der Waals surface area contributed by atoms with Gasteiger partial charge in [-0.1, -0.05) is 65.3 Å². The highest BCUT2D eigenvalue weighted by Gasteiger charge is 2.45. The molecule has 8 heteroatoms. The quantitative estimate of drug-likeness (QED) is 0.527. The van der Waals surface area contributed by atoms with Crippen molar-refractivity contribution in [1.29, 1.82) is 0 Å². The number of nitrogens with zero attached hydrogens (tertiary/aromatic N) is 1. The van der Waals surface area contributed by atoms with Gasteiger partial charge < -0.3 is 9.26 Å². The van der Waals surface area contributed by atoms with Crippen LogP contribution in [0.25, 0.3) is 11.3 Å². The van der Waals surface area contributed by atoms with E-state index < -0.39 is 18.2 Å². The third kappa shape index (κ3) is 3.98. The Morgan fingerprint density at radius 1 is 1.11 bits per heavy atom. The smallest absolute Gasteiger partial charge is 0.429 e. The van der Waals surface area contributed by atoms with E-state index in [1.807, 2.05) is 0 Å². The molecule has 27 heavy (non-hydrogen) atoms. The fraction of sp³-hybridized carbons (Fsp3) is 0.158. The van der Waals surface area contributed by atoms with Gasteiger partial charge in [-0.3, -0.25) is 0 Å². The van der Waals surface area contributed by atoms with Gasteiger partial charge >= 0.3 is 12.1 Å². The van der Waals surface area contributed by atoms with Gasteiger partial charge in [0.15, 0.2) is 0 Å². The summed E-state index contributed by atoms with van der Waals surface area (Å²) < 4.78 is 50.2. The molecule has 0 radical (unpaired) electrons. The van der Waals surface area contributed by atoms with E-state index in [1.165, 1.54) is 31.2 Å². The first-order valence-electron chi connectivity index (χ1n) is 7.83. The van der Waals surface area contributed by atoms with Crippen LogP contribution in [0, 0.1) is 6.92 Å².